The molecule has 0 aliphatic heterocycles. The second kappa shape index (κ2) is 36.7. The average Bonchev–Trinajstić information content (AvgIpc) is 1.63. The Bertz CT molecular complexity index is 3790. The summed E-state index contributed by atoms with van der Waals surface area (Å²) in [5.74, 6) is -2.22. The molecule has 1 heterocycles. The zero-order valence-electron chi connectivity index (χ0n) is 59.2. The lowest BCUT2D eigenvalue weighted by Crippen LogP contribution is -2.44. The molecule has 0 spiro atoms. The van der Waals surface area contributed by atoms with Crippen LogP contribution in [0.1, 0.15) is 79.6 Å². The number of carbonyl (C=O) groups is 6. The summed E-state index contributed by atoms with van der Waals surface area (Å²) in [4.78, 5) is 103. The second-order valence-electron chi connectivity index (χ2n) is 25.0. The highest BCUT2D eigenvalue weighted by molar-refractivity contribution is 7.89. The van der Waals surface area contributed by atoms with Gasteiger partial charge in [0.1, 0.15) is 45.1 Å². The van der Waals surface area contributed by atoms with Gasteiger partial charge in [-0.2, -0.15) is 9.13 Å². The van der Waals surface area contributed by atoms with Gasteiger partial charge in [-0.15, -0.1) is 10.2 Å². The van der Waals surface area contributed by atoms with Gasteiger partial charge in [0.15, 0.2) is 5.75 Å². The number of aromatic nitrogens is 2. The molecule has 0 N–H and O–H groups in total. The number of carbonyl (C=O) groups excluding carboxylic acids is 6. The van der Waals surface area contributed by atoms with Gasteiger partial charge in [-0.05, 0) is 111 Å². The summed E-state index contributed by atoms with van der Waals surface area (Å²) < 4.78 is 124. The Kier molecular flexibility index (Phi) is 30.2. The molecular weight excluding hydrogens is 1320 g/mol. The van der Waals surface area contributed by atoms with E-state index in [2.05, 4.69) is 10.2 Å². The molecule has 5 aromatic rings. The number of nitrogens with zero attached hydrogens (tertiary/aromatic N) is 6. The maximum Gasteiger partial charge on any atom is 0.514 e. The molecule has 0 unspecified atom stereocenters. The molecule has 5 rings (SSSR count). The first kappa shape index (κ1) is 81.5. The second-order valence-corrected chi connectivity index (χ2v) is 27.0. The van der Waals surface area contributed by atoms with Gasteiger partial charge in [0.25, 0.3) is 15.9 Å². The Morgan fingerprint density at radius 3 is 1.41 bits per heavy atom. The van der Waals surface area contributed by atoms with Crippen LogP contribution in [-0.2, 0) is 81.1 Å². The summed E-state index contributed by atoms with van der Waals surface area (Å²) in [5, 5.41) is 9.37. The molecule has 0 saturated heterocycles. The van der Waals surface area contributed by atoms with Crippen LogP contribution in [0.4, 0.5) is 41.0 Å². The lowest BCUT2D eigenvalue weighted by Gasteiger charge is -2.29. The van der Waals surface area contributed by atoms with Crippen molar-refractivity contribution < 1.29 is 118 Å². The van der Waals surface area contributed by atoms with Crippen LogP contribution in [0.2, 0.25) is 0 Å². The SMILES string of the molecule is COCCOCC(C)(C)OC(=O)Oc1c(C(=O)N(C(=O)OC(C)(C)COCCOC)c2ccc3c(c2)n(C(=O)OC(C)(C)COCCOC)c(=O)n3C(=O)OC(C)(C)COCCOC)cc2ccccc2c1N=Nc1ccc(S(=O)(=O)N(C)C(=O)OC(C)(C)COCCOC)cc1OC. The van der Waals surface area contributed by atoms with Crippen molar-refractivity contribution in [1.82, 2.24) is 13.4 Å². The molecule has 0 aliphatic rings. The van der Waals surface area contributed by atoms with Gasteiger partial charge >= 0.3 is 36.2 Å². The quantitative estimate of drug-likeness (QED) is 0.0117. The standard InChI is InChI=1S/C66H92N6O26S/c1-62(2,39-88-31-26-82-12)94-57(75)69(11)99(80,81)46-23-24-49(52(38-46)87-17)67-68-53-47-21-19-18-20-44(47)36-48(54(53)93-61(79)98-66(9,10)43-92-35-30-86-16)55(73)70(58(76)95-63(3,4)40-89-32-27-83-13)45-22-25-50-51(37-45)72(60(78)97-65(7,8)42-91-34-29-85-15)56(74)71(50)59(77)96-64(5,6)41-90-33-28-84-14/h18-25,36-38H,26-35,39-43H2,1-17H3. The Labute approximate surface area is 574 Å². The monoisotopic (exact) mass is 1420 g/mol. The summed E-state index contributed by atoms with van der Waals surface area (Å²) in [5.41, 5.74) is -10.6. The fourth-order valence-electron chi connectivity index (χ4n) is 8.96. The number of hydrogen-bond acceptors (Lipinski definition) is 28. The van der Waals surface area contributed by atoms with Crippen molar-refractivity contribution in [3.05, 3.63) is 82.8 Å². The van der Waals surface area contributed by atoms with E-state index in [9.17, 15) is 32.4 Å². The maximum atomic E-state index is 16.2. The summed E-state index contributed by atoms with van der Waals surface area (Å²) in [6.07, 6.45) is -6.67. The van der Waals surface area contributed by atoms with Gasteiger partial charge in [0.05, 0.1) is 133 Å². The average molecular weight is 1420 g/mol. The van der Waals surface area contributed by atoms with Crippen LogP contribution in [0.25, 0.3) is 21.8 Å². The van der Waals surface area contributed by atoms with Crippen LogP contribution < -0.4 is 20.1 Å². The van der Waals surface area contributed by atoms with Crippen LogP contribution in [0.3, 0.4) is 0 Å². The first-order valence-electron chi connectivity index (χ1n) is 31.1. The molecule has 0 bridgehead atoms. The van der Waals surface area contributed by atoms with Crippen molar-refractivity contribution >= 4 is 85.3 Å². The summed E-state index contributed by atoms with van der Waals surface area (Å²) in [6.45, 7) is 15.9. The molecule has 0 atom stereocenters. The number of hydrogen-bond donors (Lipinski definition) is 0. The van der Waals surface area contributed by atoms with Crippen molar-refractivity contribution in [2.24, 2.45) is 10.2 Å². The number of anilines is 1. The molecule has 548 valence electrons. The highest BCUT2D eigenvalue weighted by Gasteiger charge is 2.39. The normalized spacial score (nSPS) is 12.4. The maximum absolute atomic E-state index is 16.2. The number of sulfonamides is 1. The van der Waals surface area contributed by atoms with Crippen LogP contribution >= 0.6 is 0 Å². The minimum atomic E-state index is -4.66. The van der Waals surface area contributed by atoms with E-state index in [1.165, 1.54) is 124 Å². The van der Waals surface area contributed by atoms with Gasteiger partial charge < -0.3 is 80.5 Å². The van der Waals surface area contributed by atoms with Crippen molar-refractivity contribution in [2.75, 3.05) is 154 Å². The zero-order valence-corrected chi connectivity index (χ0v) is 60.0. The molecule has 1 aromatic heterocycles. The molecule has 0 fully saturated rings. The predicted molar refractivity (Wildman–Crippen MR) is 357 cm³/mol. The van der Waals surface area contributed by atoms with Crippen molar-refractivity contribution in [1.29, 1.82) is 0 Å². The van der Waals surface area contributed by atoms with Gasteiger partial charge in [-0.1, -0.05) is 24.3 Å². The van der Waals surface area contributed by atoms with E-state index in [0.29, 0.717) is 18.3 Å². The number of benzene rings is 4. The van der Waals surface area contributed by atoms with Gasteiger partial charge in [0.2, 0.25) is 0 Å². The molecule has 0 radical (unpaired) electrons. The number of methoxy groups -OCH3 is 6. The van der Waals surface area contributed by atoms with E-state index in [1.54, 1.807) is 24.3 Å². The largest absolute Gasteiger partial charge is 0.514 e. The Morgan fingerprint density at radius 2 is 0.939 bits per heavy atom. The molecule has 4 aromatic carbocycles. The third-order valence-electron chi connectivity index (χ3n) is 13.8. The number of fused-ring (bicyclic) bond motifs is 2. The van der Waals surface area contributed by atoms with E-state index in [-0.39, 0.29) is 133 Å². The summed E-state index contributed by atoms with van der Waals surface area (Å²) in [7, 11) is 4.92. The number of azo groups is 1. The third kappa shape index (κ3) is 23.4. The third-order valence-corrected chi connectivity index (χ3v) is 15.5. The van der Waals surface area contributed by atoms with Crippen LogP contribution in [-0.4, -0.2) is 235 Å². The molecule has 0 aliphatic carbocycles. The zero-order chi connectivity index (χ0) is 73.5. The Balaban J connectivity index is 1.81. The molecule has 32 nitrogen and oxygen atoms in total. The number of imidazole rings is 1. The number of imide groups is 1. The summed E-state index contributed by atoms with van der Waals surface area (Å²) in [6, 6.07) is 14.3. The van der Waals surface area contributed by atoms with Crippen molar-refractivity contribution in [2.45, 2.75) is 102 Å². The minimum absolute atomic E-state index is 0.0634. The highest BCUT2D eigenvalue weighted by Crippen LogP contribution is 2.43. The van der Waals surface area contributed by atoms with E-state index in [1.807, 2.05) is 0 Å². The molecule has 99 heavy (non-hydrogen) atoms. The Morgan fingerprint density at radius 1 is 0.495 bits per heavy atom. The summed E-state index contributed by atoms with van der Waals surface area (Å²) >= 11 is 0. The molecule has 3 amide bonds. The lowest BCUT2D eigenvalue weighted by molar-refractivity contribution is -0.0552. The van der Waals surface area contributed by atoms with E-state index >= 15 is 9.59 Å². The van der Waals surface area contributed by atoms with E-state index in [4.69, 9.17) is 80.5 Å². The van der Waals surface area contributed by atoms with Crippen LogP contribution in [0.15, 0.2) is 86.6 Å². The molecule has 33 heteroatoms. The Hall–Kier alpha value is -8.22. The van der Waals surface area contributed by atoms with Crippen LogP contribution in [0, 0.1) is 0 Å². The fraction of sp³-hybridized carbons (Fsp3) is 0.561. The van der Waals surface area contributed by atoms with E-state index in [0.717, 1.165) is 37.4 Å². The number of amides is 3. The van der Waals surface area contributed by atoms with E-state index < -0.39 is 108 Å². The van der Waals surface area contributed by atoms with Crippen LogP contribution in [0.5, 0.6) is 11.5 Å². The van der Waals surface area contributed by atoms with Crippen molar-refractivity contribution in [3.8, 4) is 11.5 Å². The number of ether oxygens (including phenoxy) is 17. The number of rotatable bonds is 38. The first-order valence-corrected chi connectivity index (χ1v) is 32.5. The minimum Gasteiger partial charge on any atom is -0.494 e. The highest BCUT2D eigenvalue weighted by atomic mass is 32.2. The molecule has 0 saturated carbocycles. The predicted octanol–water partition coefficient (Wildman–Crippen LogP) is 9.61. The first-order chi connectivity index (χ1) is 46.6. The van der Waals surface area contributed by atoms with Gasteiger partial charge in [-0.3, -0.25) is 4.79 Å². The topological polar surface area (TPSA) is 352 Å². The molecular formula is C66H92N6O26S. The van der Waals surface area contributed by atoms with Gasteiger partial charge in [0, 0.05) is 54.0 Å². The lowest BCUT2D eigenvalue weighted by atomic mass is 10.0. The van der Waals surface area contributed by atoms with Gasteiger partial charge in [-0.25, -0.2) is 46.4 Å². The van der Waals surface area contributed by atoms with Crippen molar-refractivity contribution in [3.63, 3.8) is 0 Å². The fourth-order valence-corrected chi connectivity index (χ4v) is 10.0. The smallest absolute Gasteiger partial charge is 0.494 e.